The summed E-state index contributed by atoms with van der Waals surface area (Å²) in [6, 6.07) is 0. The molecule has 3 rings (SSSR count). The van der Waals surface area contributed by atoms with E-state index in [9.17, 15) is 57.9 Å². The van der Waals surface area contributed by atoms with E-state index in [4.69, 9.17) is 10.5 Å². The van der Waals surface area contributed by atoms with Crippen molar-refractivity contribution in [3.05, 3.63) is 61.3 Å². The van der Waals surface area contributed by atoms with Gasteiger partial charge >= 0.3 is 0 Å². The average molecular weight is 966 g/mol. The summed E-state index contributed by atoms with van der Waals surface area (Å²) < 4.78 is 60.7. The molecule has 28 heteroatoms. The number of fused-ring (bicyclic) bond motifs is 1. The van der Waals surface area contributed by atoms with Gasteiger partial charge in [0.05, 0.1) is 27.4 Å². The summed E-state index contributed by atoms with van der Waals surface area (Å²) in [7, 11) is -17.6. The van der Waals surface area contributed by atoms with Gasteiger partial charge in [0.1, 0.15) is 36.3 Å². The normalized spacial score (nSPS) is 21.1. The van der Waals surface area contributed by atoms with Crippen LogP contribution in [0.15, 0.2) is 61.3 Å². The van der Waals surface area contributed by atoms with Gasteiger partial charge in [-0.1, -0.05) is 75.1 Å². The molecule has 1 fully saturated rings. The summed E-state index contributed by atoms with van der Waals surface area (Å²) in [6.07, 6.45) is 11.2. The molecule has 63 heavy (non-hydrogen) atoms. The first-order chi connectivity index (χ1) is 29.6. The molecule has 1 saturated heterocycles. The van der Waals surface area contributed by atoms with Gasteiger partial charge in [0.2, 0.25) is 16.9 Å². The Morgan fingerprint density at radius 3 is 2.41 bits per heavy atom. The molecule has 2 aromatic rings. The molecule has 0 saturated carbocycles. The minimum atomic E-state index is -5.92. The number of amides is 2. The number of thioether (sulfide) groups is 1. The largest absolute Gasteiger partial charge is 0.790 e. The summed E-state index contributed by atoms with van der Waals surface area (Å²) in [6.45, 7) is 2.12. The summed E-state index contributed by atoms with van der Waals surface area (Å²) in [4.78, 5) is 96.4. The molecule has 24 nitrogen and oxygen atoms in total. The third kappa shape index (κ3) is 18.9. The second kappa shape index (κ2) is 25.3. The molecule has 6 N–H and O–H groups in total. The molecule has 2 unspecified atom stereocenters. The van der Waals surface area contributed by atoms with Gasteiger partial charge in [-0.15, -0.1) is 0 Å². The number of anilines is 1. The van der Waals surface area contributed by atoms with Crippen molar-refractivity contribution < 1.29 is 80.5 Å². The second-order valence-corrected chi connectivity index (χ2v) is 19.3. The topological polar surface area (TPSA) is 375 Å². The fourth-order valence-electron chi connectivity index (χ4n) is 5.36. The Hall–Kier alpha value is -3.48. The lowest BCUT2D eigenvalue weighted by molar-refractivity contribution is -0.347. The van der Waals surface area contributed by atoms with E-state index in [1.54, 1.807) is 12.2 Å². The number of nitrogen functional groups attached to an aromatic ring is 1. The van der Waals surface area contributed by atoms with Crippen molar-refractivity contribution >= 4 is 69.1 Å². The Kier molecular flexibility index (Phi) is 21.6. The van der Waals surface area contributed by atoms with E-state index < -0.39 is 84.6 Å². The van der Waals surface area contributed by atoms with Crippen molar-refractivity contribution in [1.29, 1.82) is 0 Å². The summed E-state index contributed by atoms with van der Waals surface area (Å²) >= 11 is 1.00. The number of nitrogens with one attached hydrogen (secondary N) is 2. The molecule has 0 aliphatic carbocycles. The lowest BCUT2D eigenvalue weighted by Gasteiger charge is -2.36. The van der Waals surface area contributed by atoms with E-state index in [1.807, 2.05) is 6.08 Å². The maximum atomic E-state index is 12.6. The maximum Gasteiger partial charge on any atom is 0.274 e. The minimum absolute atomic E-state index is 0.0231. The first-order valence-electron chi connectivity index (χ1n) is 19.2. The Balaban J connectivity index is 1.39. The van der Waals surface area contributed by atoms with Crippen LogP contribution in [-0.2, 0) is 50.7 Å². The maximum absolute atomic E-state index is 12.6. The number of nitrogens with two attached hydrogens (primary N) is 1. The van der Waals surface area contributed by atoms with Crippen LogP contribution in [0.2, 0.25) is 0 Å². The van der Waals surface area contributed by atoms with E-state index in [1.165, 1.54) is 19.9 Å². The number of aliphatic hydroxyl groups is 2. The number of phosphoric ester groups is 3. The van der Waals surface area contributed by atoms with Crippen LogP contribution in [0.1, 0.15) is 59.1 Å². The number of carbonyl (C=O) groups is 3. The highest BCUT2D eigenvalue weighted by Gasteiger charge is 2.47. The highest BCUT2D eigenvalue weighted by atomic mass is 32.2. The van der Waals surface area contributed by atoms with Crippen LogP contribution in [0.4, 0.5) is 5.82 Å². The van der Waals surface area contributed by atoms with Gasteiger partial charge in [0.25, 0.3) is 15.6 Å². The number of phosphoric acid groups is 3. The molecule has 1 aliphatic heterocycles. The molecule has 0 bridgehead atoms. The molecule has 1 aliphatic rings. The molecule has 0 spiro atoms. The lowest BCUT2D eigenvalue weighted by atomic mass is 9.87. The second-order valence-electron chi connectivity index (χ2n) is 14.1. The van der Waals surface area contributed by atoms with Gasteiger partial charge < -0.3 is 69.0 Å². The van der Waals surface area contributed by atoms with E-state index in [0.717, 1.165) is 54.7 Å². The van der Waals surface area contributed by atoms with Crippen LogP contribution in [0.3, 0.4) is 0 Å². The van der Waals surface area contributed by atoms with Crippen LogP contribution >= 0.6 is 35.2 Å². The van der Waals surface area contributed by atoms with Crippen LogP contribution in [0.25, 0.3) is 11.2 Å². The monoisotopic (exact) mass is 965 g/mol. The van der Waals surface area contributed by atoms with Crippen LogP contribution < -0.4 is 35.9 Å². The molecular weight excluding hydrogens is 915 g/mol. The first kappa shape index (κ1) is 53.9. The zero-order valence-corrected chi connectivity index (χ0v) is 37.9. The van der Waals surface area contributed by atoms with Crippen molar-refractivity contribution in [3.8, 4) is 0 Å². The van der Waals surface area contributed by atoms with Gasteiger partial charge in [-0.25, -0.2) is 19.3 Å². The van der Waals surface area contributed by atoms with Gasteiger partial charge in [0.15, 0.2) is 17.7 Å². The van der Waals surface area contributed by atoms with Crippen molar-refractivity contribution in [2.45, 2.75) is 83.5 Å². The summed E-state index contributed by atoms with van der Waals surface area (Å²) in [5.74, 6) is -1.28. The van der Waals surface area contributed by atoms with Crippen LogP contribution in [-0.4, -0.2) is 103 Å². The number of rotatable bonds is 27. The quantitative estimate of drug-likeness (QED) is 0.0257. The predicted molar refractivity (Wildman–Crippen MR) is 219 cm³/mol. The highest BCUT2D eigenvalue weighted by molar-refractivity contribution is 8.14. The molecule has 3 heterocycles. The number of carbonyl (C=O) groups excluding carboxylic acids is 3. The number of hydrogen-bond donors (Lipinski definition) is 5. The predicted octanol–water partition coefficient (Wildman–Crippen LogP) is -0.0582. The third-order valence-corrected chi connectivity index (χ3v) is 12.4. The Labute approximate surface area is 366 Å². The number of allylic oxidation sites excluding steroid dienone is 7. The Morgan fingerprint density at radius 1 is 1.00 bits per heavy atom. The van der Waals surface area contributed by atoms with E-state index >= 15 is 0 Å². The standard InChI is InChI=1S/C35H54N7O17P3S/c1-4-5-6-7-8-9-10-11-12-13-14-15-26(44)63-19-18-37-25(43)16-17-38-33(47)30(46)35(2,3)21-56-62(53,54)59-61(51,52)55-20-24-29(58-60(48,49)50)28(45)34(57-24)42-23-41-27-31(36)39-22-40-32(27)42/h5-6,8-9,12-15,22-24,28-30,34,45-46H,4,7,10-11,16-21H2,1-3H3,(H,37,43)(H,38,47)(H,51,52)(H,53,54)(H2,36,39,40)(H2,48,49,50)/p-4/b6-5-,9-8-,13-12+,15-14+/t24-,28-,29-,30+,34-/m1/s1. The van der Waals surface area contributed by atoms with E-state index in [0.29, 0.717) is 5.75 Å². The van der Waals surface area contributed by atoms with Crippen molar-refractivity contribution in [2.24, 2.45) is 5.41 Å². The van der Waals surface area contributed by atoms with Gasteiger partial charge in [-0.05, 0) is 31.8 Å². The lowest BCUT2D eigenvalue weighted by Crippen LogP contribution is -2.46. The minimum Gasteiger partial charge on any atom is -0.790 e. The molecule has 2 aromatic heterocycles. The van der Waals surface area contributed by atoms with E-state index in [2.05, 4.69) is 74.7 Å². The van der Waals surface area contributed by atoms with Crippen molar-refractivity contribution in [2.75, 3.05) is 37.8 Å². The van der Waals surface area contributed by atoms with Gasteiger partial charge in [-0.3, -0.25) is 28.1 Å². The van der Waals surface area contributed by atoms with Crippen molar-refractivity contribution in [3.63, 3.8) is 0 Å². The summed E-state index contributed by atoms with van der Waals surface area (Å²) in [5, 5.41) is 26.1. The average Bonchev–Trinajstić information content (AvgIpc) is 3.76. The summed E-state index contributed by atoms with van der Waals surface area (Å²) in [5.41, 5.74) is 4.06. The Bertz CT molecular complexity index is 2110. The molecule has 7 atom stereocenters. The molecule has 352 valence electrons. The zero-order valence-electron chi connectivity index (χ0n) is 34.4. The van der Waals surface area contributed by atoms with Crippen LogP contribution in [0, 0.1) is 5.41 Å². The number of nitrogens with zero attached hydrogens (tertiary/aromatic N) is 4. The zero-order chi connectivity index (χ0) is 46.8. The third-order valence-electron chi connectivity index (χ3n) is 8.54. The first-order valence-corrected chi connectivity index (χ1v) is 24.5. The fourth-order valence-corrected chi connectivity index (χ4v) is 8.68. The molecule has 0 aromatic carbocycles. The van der Waals surface area contributed by atoms with E-state index in [-0.39, 0.29) is 41.6 Å². The number of unbranched alkanes of at least 4 members (excludes halogenated alkanes) is 1. The number of hydrogen-bond acceptors (Lipinski definition) is 22. The number of aliphatic hydroxyl groups excluding tert-OH is 2. The van der Waals surface area contributed by atoms with Gasteiger partial charge in [0, 0.05) is 30.7 Å². The molecular formula is C35H50N7O17P3S-4. The number of ether oxygens (including phenoxy) is 1. The number of aromatic nitrogens is 4. The number of imidazole rings is 1. The highest BCUT2D eigenvalue weighted by Crippen LogP contribution is 2.56. The van der Waals surface area contributed by atoms with Crippen LogP contribution in [0.5, 0.6) is 0 Å². The molecule has 2 amide bonds. The molecule has 0 radical (unpaired) electrons. The smallest absolute Gasteiger partial charge is 0.274 e. The fraction of sp³-hybridized carbons (Fsp3) is 0.543. The Morgan fingerprint density at radius 2 is 1.70 bits per heavy atom. The SMILES string of the molecule is CC/C=C\C/C=C\CC/C=C/C=C/C(=O)SCCNC(=O)CCNC(=O)[C@H](O)C(C)(C)COP(=O)([O-])OP(=O)([O-])OC[C@H]1O[C@@H](n2cnc3c(N)ncnc32)[C@H](O)[C@@H]1OP(=O)([O-])[O-]. The van der Waals surface area contributed by atoms with Gasteiger partial charge in [-0.2, -0.15) is 0 Å². The van der Waals surface area contributed by atoms with Crippen molar-refractivity contribution in [1.82, 2.24) is 30.2 Å².